The molecule has 0 aromatic heterocycles. The van der Waals surface area contributed by atoms with Crippen LogP contribution in [0.5, 0.6) is 0 Å². The minimum absolute atomic E-state index is 0.361. The van der Waals surface area contributed by atoms with Crippen LogP contribution in [-0.2, 0) is 28.7 Å². The van der Waals surface area contributed by atoms with Gasteiger partial charge in [0, 0.05) is 12.8 Å². The summed E-state index contributed by atoms with van der Waals surface area (Å²) < 4.78 is 9.91. The van der Waals surface area contributed by atoms with Crippen molar-refractivity contribution in [2.75, 3.05) is 0 Å². The van der Waals surface area contributed by atoms with Crippen molar-refractivity contribution in [3.05, 3.63) is 12.2 Å². The minimum Gasteiger partial charge on any atom is -0.451 e. The zero-order valence-corrected chi connectivity index (χ0v) is 11.3. The van der Waals surface area contributed by atoms with Gasteiger partial charge in [-0.15, -0.1) is 0 Å². The first-order valence-corrected chi connectivity index (χ1v) is 6.41. The van der Waals surface area contributed by atoms with E-state index in [1.165, 1.54) is 13.8 Å². The van der Waals surface area contributed by atoms with Crippen LogP contribution < -0.4 is 0 Å². The number of esters is 3. The number of ether oxygens (including phenoxy) is 2. The van der Waals surface area contributed by atoms with E-state index in [2.05, 4.69) is 0 Å². The van der Waals surface area contributed by atoms with Gasteiger partial charge in [0.2, 0.25) is 0 Å². The van der Waals surface area contributed by atoms with Gasteiger partial charge in [-0.3, -0.25) is 19.2 Å². The highest BCUT2D eigenvalue weighted by Gasteiger charge is 2.71. The number of Topliss-reactive ketones (excluding diaryl/α,β-unsaturated/α-hetero) is 1. The molecule has 3 aliphatic carbocycles. The first-order valence-electron chi connectivity index (χ1n) is 6.41. The number of fused-ring (bicyclic) bond motifs is 1. The highest BCUT2D eigenvalue weighted by atomic mass is 16.6. The summed E-state index contributed by atoms with van der Waals surface area (Å²) >= 11 is 0. The summed E-state index contributed by atoms with van der Waals surface area (Å²) in [6, 6.07) is 0. The molecule has 0 radical (unpaired) electrons. The zero-order valence-electron chi connectivity index (χ0n) is 11.3. The van der Waals surface area contributed by atoms with Crippen molar-refractivity contribution in [2.24, 2.45) is 23.2 Å². The molecule has 4 rings (SSSR count). The van der Waals surface area contributed by atoms with Crippen LogP contribution in [0.3, 0.4) is 0 Å². The molecule has 0 N–H and O–H groups in total. The number of ketones is 1. The summed E-state index contributed by atoms with van der Waals surface area (Å²) in [6.45, 7) is 4.29. The summed E-state index contributed by atoms with van der Waals surface area (Å²) in [5.74, 6) is -4.52. The van der Waals surface area contributed by atoms with Gasteiger partial charge in [0.15, 0.2) is 11.4 Å². The van der Waals surface area contributed by atoms with E-state index in [0.29, 0.717) is 0 Å². The average Bonchev–Trinajstić information content (AvgIpc) is 2.63. The van der Waals surface area contributed by atoms with E-state index in [-0.39, 0.29) is 5.78 Å². The Labute approximate surface area is 115 Å². The molecule has 106 valence electrons. The summed E-state index contributed by atoms with van der Waals surface area (Å²) in [6.07, 6.45) is 3.32. The lowest BCUT2D eigenvalue weighted by molar-refractivity contribution is -0.187. The Morgan fingerprint density at radius 3 is 2.50 bits per heavy atom. The van der Waals surface area contributed by atoms with E-state index in [1.807, 2.05) is 0 Å². The molecular weight excluding hydrogens is 264 g/mol. The largest absolute Gasteiger partial charge is 0.451 e. The van der Waals surface area contributed by atoms with Crippen molar-refractivity contribution in [3.8, 4) is 0 Å². The maximum atomic E-state index is 12.7. The van der Waals surface area contributed by atoms with Crippen molar-refractivity contribution in [2.45, 2.75) is 26.4 Å². The Morgan fingerprint density at radius 1 is 1.25 bits per heavy atom. The zero-order chi connectivity index (χ0) is 14.9. The molecular formula is C14H14O6. The fraction of sp³-hybridized carbons (Fsp3) is 0.571. The minimum atomic E-state index is -1.43. The summed E-state index contributed by atoms with van der Waals surface area (Å²) in [4.78, 5) is 47.8. The molecule has 2 fully saturated rings. The first-order chi connectivity index (χ1) is 9.21. The third-order valence-corrected chi connectivity index (χ3v) is 4.70. The van der Waals surface area contributed by atoms with E-state index in [4.69, 9.17) is 9.47 Å². The van der Waals surface area contributed by atoms with E-state index in [0.717, 1.165) is 0 Å². The van der Waals surface area contributed by atoms with Gasteiger partial charge < -0.3 is 9.47 Å². The van der Waals surface area contributed by atoms with Crippen molar-refractivity contribution in [1.82, 2.24) is 0 Å². The third-order valence-electron chi connectivity index (χ3n) is 4.70. The second-order valence-electron chi connectivity index (χ2n) is 5.94. The number of carbonyl (C=O) groups is 4. The molecule has 0 spiro atoms. The van der Waals surface area contributed by atoms with Crippen LogP contribution in [0.15, 0.2) is 12.2 Å². The van der Waals surface area contributed by atoms with Gasteiger partial charge >= 0.3 is 17.9 Å². The lowest BCUT2D eigenvalue weighted by Gasteiger charge is -2.52. The van der Waals surface area contributed by atoms with Gasteiger partial charge in [-0.25, -0.2) is 0 Å². The molecule has 1 heterocycles. The van der Waals surface area contributed by atoms with Gasteiger partial charge in [0.05, 0.1) is 17.3 Å². The topological polar surface area (TPSA) is 86.7 Å². The van der Waals surface area contributed by atoms with Crippen molar-refractivity contribution in [3.63, 3.8) is 0 Å². The predicted octanol–water partition coefficient (Wildman–Crippen LogP) is 0.399. The molecule has 0 aromatic rings. The fourth-order valence-electron chi connectivity index (χ4n) is 3.85. The summed E-state index contributed by atoms with van der Waals surface area (Å²) in [7, 11) is 0. The molecule has 0 aromatic carbocycles. The lowest BCUT2D eigenvalue weighted by atomic mass is 9.50. The smallest absolute Gasteiger partial charge is 0.318 e. The number of hydrogen-bond donors (Lipinski definition) is 0. The monoisotopic (exact) mass is 278 g/mol. The van der Waals surface area contributed by atoms with Gasteiger partial charge in [0.1, 0.15) is 0 Å². The van der Waals surface area contributed by atoms with Crippen LogP contribution >= 0.6 is 0 Å². The maximum absolute atomic E-state index is 12.7. The van der Waals surface area contributed by atoms with E-state index >= 15 is 0 Å². The maximum Gasteiger partial charge on any atom is 0.318 e. The first kappa shape index (κ1) is 13.0. The van der Waals surface area contributed by atoms with Gasteiger partial charge in [-0.2, -0.15) is 0 Å². The van der Waals surface area contributed by atoms with Crippen LogP contribution in [0, 0.1) is 23.2 Å². The molecule has 6 heteroatoms. The van der Waals surface area contributed by atoms with Crippen LogP contribution in [0.1, 0.15) is 20.8 Å². The Balaban J connectivity index is 2.17. The molecule has 0 unspecified atom stereocenters. The second-order valence-corrected chi connectivity index (χ2v) is 5.94. The molecule has 20 heavy (non-hydrogen) atoms. The molecule has 0 amide bonds. The second kappa shape index (κ2) is 3.56. The highest BCUT2D eigenvalue weighted by molar-refractivity contribution is 6.08. The number of rotatable bonds is 1. The standard InChI is InChI=1S/C14H14O6/c1-6(15)20-14(3)7-4-5-13(2,12(14)18)9-8(7)10(16)19-11(9)17/h4-5,7-9H,1-3H3/t7-,8+,9-,13+,14+/m0/s1. The number of hydrogen-bond acceptors (Lipinski definition) is 6. The number of cyclic esters (lactones) is 2. The van der Waals surface area contributed by atoms with Crippen molar-refractivity contribution >= 4 is 23.7 Å². The molecule has 2 bridgehead atoms. The van der Waals surface area contributed by atoms with E-state index < -0.39 is 46.7 Å². The van der Waals surface area contributed by atoms with Crippen LogP contribution in [0.2, 0.25) is 0 Å². The quantitative estimate of drug-likeness (QED) is 0.392. The summed E-state index contributed by atoms with van der Waals surface area (Å²) in [5.41, 5.74) is -2.60. The SMILES string of the molecule is CC(=O)O[C@@]1(C)C(=O)[C@]2(C)C=C[C@H]1[C@H]1C(=O)OC(=O)[C@H]12. The van der Waals surface area contributed by atoms with E-state index in [1.54, 1.807) is 19.1 Å². The fourth-order valence-corrected chi connectivity index (χ4v) is 3.85. The Kier molecular flexibility index (Phi) is 2.32. The van der Waals surface area contributed by atoms with Crippen molar-refractivity contribution < 1.29 is 28.7 Å². The molecule has 1 saturated heterocycles. The van der Waals surface area contributed by atoms with Crippen LogP contribution in [-0.4, -0.2) is 29.3 Å². The van der Waals surface area contributed by atoms with Gasteiger partial charge in [-0.1, -0.05) is 12.2 Å². The molecule has 4 aliphatic rings. The van der Waals surface area contributed by atoms with Crippen molar-refractivity contribution in [1.29, 1.82) is 0 Å². The normalized spacial score (nSPS) is 45.4. The van der Waals surface area contributed by atoms with Crippen LogP contribution in [0.4, 0.5) is 0 Å². The Morgan fingerprint density at radius 2 is 1.90 bits per heavy atom. The Hall–Kier alpha value is -1.98. The molecule has 6 nitrogen and oxygen atoms in total. The van der Waals surface area contributed by atoms with Crippen LogP contribution in [0.25, 0.3) is 0 Å². The lowest BCUT2D eigenvalue weighted by Crippen LogP contribution is -2.65. The highest BCUT2D eigenvalue weighted by Crippen LogP contribution is 2.58. The number of allylic oxidation sites excluding steroid dienone is 1. The third kappa shape index (κ3) is 1.29. The number of carbonyl (C=O) groups excluding carboxylic acids is 4. The molecule has 1 saturated carbocycles. The summed E-state index contributed by atoms with van der Waals surface area (Å²) in [5, 5.41) is 0. The average molecular weight is 278 g/mol. The van der Waals surface area contributed by atoms with Gasteiger partial charge in [0.25, 0.3) is 0 Å². The molecule has 1 aliphatic heterocycles. The predicted molar refractivity (Wildman–Crippen MR) is 64.0 cm³/mol. The van der Waals surface area contributed by atoms with E-state index in [9.17, 15) is 19.2 Å². The Bertz CT molecular complexity index is 590. The molecule has 5 atom stereocenters. The van der Waals surface area contributed by atoms with Gasteiger partial charge in [-0.05, 0) is 13.8 Å².